The smallest absolute Gasteiger partial charge is 0.164 e. The van der Waals surface area contributed by atoms with Crippen molar-refractivity contribution in [3.8, 4) is 0 Å². The molecule has 122 valence electrons. The summed E-state index contributed by atoms with van der Waals surface area (Å²) in [5.74, 6) is 3.01. The van der Waals surface area contributed by atoms with Crippen LogP contribution in [-0.2, 0) is 14.2 Å². The molecular formula is C17H30O4. The summed E-state index contributed by atoms with van der Waals surface area (Å²) in [5.41, 5.74) is 0. The summed E-state index contributed by atoms with van der Waals surface area (Å²) < 4.78 is 18.1. The molecule has 0 spiro atoms. The van der Waals surface area contributed by atoms with E-state index in [0.29, 0.717) is 24.4 Å². The van der Waals surface area contributed by atoms with Crippen LogP contribution in [0, 0.1) is 29.6 Å². The minimum atomic E-state index is -0.234. The third-order valence-corrected chi connectivity index (χ3v) is 6.01. The number of aliphatic hydroxyl groups excluding tert-OH is 1. The van der Waals surface area contributed by atoms with E-state index in [4.69, 9.17) is 19.3 Å². The van der Waals surface area contributed by atoms with Crippen molar-refractivity contribution in [2.75, 3.05) is 13.2 Å². The normalized spacial score (nSPS) is 50.3. The van der Waals surface area contributed by atoms with Crippen molar-refractivity contribution in [3.05, 3.63) is 0 Å². The predicted molar refractivity (Wildman–Crippen MR) is 79.5 cm³/mol. The molecule has 0 bridgehead atoms. The van der Waals surface area contributed by atoms with Crippen LogP contribution < -0.4 is 0 Å². The Kier molecular flexibility index (Phi) is 4.89. The van der Waals surface area contributed by atoms with E-state index in [0.717, 1.165) is 18.3 Å². The van der Waals surface area contributed by atoms with Gasteiger partial charge in [0.1, 0.15) is 0 Å². The zero-order valence-electron chi connectivity index (χ0n) is 13.5. The van der Waals surface area contributed by atoms with E-state index in [-0.39, 0.29) is 25.3 Å². The van der Waals surface area contributed by atoms with Crippen molar-refractivity contribution < 1.29 is 19.3 Å². The molecule has 2 saturated heterocycles. The fraction of sp³-hybridized carbons (Fsp3) is 1.00. The second-order valence-electron chi connectivity index (χ2n) is 7.31. The van der Waals surface area contributed by atoms with Gasteiger partial charge in [-0.3, -0.25) is 0 Å². The molecule has 3 fully saturated rings. The van der Waals surface area contributed by atoms with Crippen molar-refractivity contribution in [2.45, 2.75) is 65.1 Å². The van der Waals surface area contributed by atoms with Crippen LogP contribution in [0.1, 0.15) is 46.5 Å². The summed E-state index contributed by atoms with van der Waals surface area (Å²) in [6, 6.07) is 0. The van der Waals surface area contributed by atoms with Crippen LogP contribution in [0.15, 0.2) is 0 Å². The second kappa shape index (κ2) is 6.53. The van der Waals surface area contributed by atoms with Gasteiger partial charge in [0.15, 0.2) is 12.6 Å². The molecule has 0 aromatic carbocycles. The van der Waals surface area contributed by atoms with Gasteiger partial charge in [0.05, 0.1) is 19.3 Å². The Morgan fingerprint density at radius 1 is 1.00 bits per heavy atom. The third-order valence-electron chi connectivity index (χ3n) is 6.01. The highest BCUT2D eigenvalue weighted by atomic mass is 16.8. The molecule has 0 amide bonds. The highest BCUT2D eigenvalue weighted by Crippen LogP contribution is 2.52. The SMILES string of the molecule is C[C@H]1[C@H](OCCO)O[C@@H]2O[C@@H](C)CCC3C2[C@H]1CC[C@H]3C. The molecule has 2 unspecified atom stereocenters. The Bertz CT molecular complexity index is 348. The van der Waals surface area contributed by atoms with Gasteiger partial charge in [-0.2, -0.15) is 0 Å². The predicted octanol–water partition coefficient (Wildman–Crippen LogP) is 2.79. The van der Waals surface area contributed by atoms with Crippen LogP contribution in [0.5, 0.6) is 0 Å². The molecule has 3 aliphatic rings. The maximum absolute atomic E-state index is 9.00. The average Bonchev–Trinajstić information content (AvgIpc) is 2.63. The van der Waals surface area contributed by atoms with Crippen molar-refractivity contribution in [2.24, 2.45) is 29.6 Å². The van der Waals surface area contributed by atoms with Crippen molar-refractivity contribution in [1.29, 1.82) is 0 Å². The fourth-order valence-corrected chi connectivity index (χ4v) is 4.81. The van der Waals surface area contributed by atoms with Crippen molar-refractivity contribution in [3.63, 3.8) is 0 Å². The first-order chi connectivity index (χ1) is 10.1. The number of hydrogen-bond acceptors (Lipinski definition) is 4. The zero-order valence-corrected chi connectivity index (χ0v) is 13.5. The molecule has 4 nitrogen and oxygen atoms in total. The lowest BCUT2D eigenvalue weighted by Crippen LogP contribution is -2.53. The maximum Gasteiger partial charge on any atom is 0.164 e. The lowest BCUT2D eigenvalue weighted by atomic mass is 9.61. The first-order valence-corrected chi connectivity index (χ1v) is 8.65. The Morgan fingerprint density at radius 3 is 2.52 bits per heavy atom. The van der Waals surface area contributed by atoms with Gasteiger partial charge in [0.25, 0.3) is 0 Å². The molecule has 1 N–H and O–H groups in total. The minimum absolute atomic E-state index is 0.0439. The molecule has 1 aliphatic carbocycles. The van der Waals surface area contributed by atoms with Crippen LogP contribution in [0.3, 0.4) is 0 Å². The second-order valence-corrected chi connectivity index (χ2v) is 7.31. The van der Waals surface area contributed by atoms with Crippen LogP contribution >= 0.6 is 0 Å². The average molecular weight is 298 g/mol. The maximum atomic E-state index is 9.00. The summed E-state index contributed by atoms with van der Waals surface area (Å²) in [6.45, 7) is 7.18. The van der Waals surface area contributed by atoms with Crippen LogP contribution in [0.2, 0.25) is 0 Å². The van der Waals surface area contributed by atoms with E-state index in [1.165, 1.54) is 19.3 Å². The van der Waals surface area contributed by atoms with Crippen molar-refractivity contribution >= 4 is 0 Å². The Morgan fingerprint density at radius 2 is 1.76 bits per heavy atom. The summed E-state index contributed by atoms with van der Waals surface area (Å²) in [4.78, 5) is 0. The molecule has 0 aromatic heterocycles. The number of hydrogen-bond donors (Lipinski definition) is 1. The van der Waals surface area contributed by atoms with Gasteiger partial charge in [0.2, 0.25) is 0 Å². The standard InChI is InChI=1S/C17H30O4/c1-10-4-6-14-12(3)16(19-9-8-18)21-17-15(14)13(10)7-5-11(2)20-17/h10-18H,4-9H2,1-3H3/t10-,11+,12-,13?,14+,15?,16-,17+/m1/s1. The molecule has 0 radical (unpaired) electrons. The highest BCUT2D eigenvalue weighted by Gasteiger charge is 2.52. The van der Waals surface area contributed by atoms with E-state index in [1.54, 1.807) is 0 Å². The number of rotatable bonds is 3. The van der Waals surface area contributed by atoms with E-state index < -0.39 is 0 Å². The molecule has 2 aliphatic heterocycles. The van der Waals surface area contributed by atoms with Crippen LogP contribution in [0.4, 0.5) is 0 Å². The molecule has 21 heavy (non-hydrogen) atoms. The van der Waals surface area contributed by atoms with Crippen LogP contribution in [0.25, 0.3) is 0 Å². The molecular weight excluding hydrogens is 268 g/mol. The van der Waals surface area contributed by atoms with E-state index in [1.807, 2.05) is 0 Å². The fourth-order valence-electron chi connectivity index (χ4n) is 4.81. The summed E-state index contributed by atoms with van der Waals surface area (Å²) in [5, 5.41) is 9.00. The van der Waals surface area contributed by atoms with Gasteiger partial charge < -0.3 is 19.3 Å². The summed E-state index contributed by atoms with van der Waals surface area (Å²) in [6.07, 6.45) is 4.86. The van der Waals surface area contributed by atoms with Crippen LogP contribution in [-0.4, -0.2) is 37.0 Å². The number of ether oxygens (including phenoxy) is 3. The molecule has 1 saturated carbocycles. The van der Waals surface area contributed by atoms with Gasteiger partial charge in [0, 0.05) is 11.8 Å². The molecule has 8 atom stereocenters. The topological polar surface area (TPSA) is 47.9 Å². The first kappa shape index (κ1) is 15.7. The summed E-state index contributed by atoms with van der Waals surface area (Å²) >= 11 is 0. The van der Waals surface area contributed by atoms with Gasteiger partial charge in [-0.25, -0.2) is 0 Å². The third kappa shape index (κ3) is 3.00. The Labute approximate surface area is 128 Å². The van der Waals surface area contributed by atoms with Gasteiger partial charge in [-0.05, 0) is 43.9 Å². The molecule has 4 heteroatoms. The first-order valence-electron chi connectivity index (χ1n) is 8.65. The summed E-state index contributed by atoms with van der Waals surface area (Å²) in [7, 11) is 0. The molecule has 2 heterocycles. The monoisotopic (exact) mass is 298 g/mol. The van der Waals surface area contributed by atoms with E-state index in [9.17, 15) is 0 Å². The van der Waals surface area contributed by atoms with Crippen molar-refractivity contribution in [1.82, 2.24) is 0 Å². The Balaban J connectivity index is 1.81. The molecule has 3 rings (SSSR count). The number of aliphatic hydroxyl groups is 1. The lowest BCUT2D eigenvalue weighted by molar-refractivity contribution is -0.334. The minimum Gasteiger partial charge on any atom is -0.394 e. The van der Waals surface area contributed by atoms with Gasteiger partial charge >= 0.3 is 0 Å². The quantitative estimate of drug-likeness (QED) is 0.870. The molecule has 0 aromatic rings. The van der Waals surface area contributed by atoms with E-state index >= 15 is 0 Å². The van der Waals surface area contributed by atoms with Gasteiger partial charge in [-0.1, -0.05) is 20.3 Å². The lowest BCUT2D eigenvalue weighted by Gasteiger charge is -2.51. The largest absolute Gasteiger partial charge is 0.394 e. The zero-order chi connectivity index (χ0) is 15.0. The van der Waals surface area contributed by atoms with Gasteiger partial charge in [-0.15, -0.1) is 0 Å². The highest BCUT2D eigenvalue weighted by molar-refractivity contribution is 4.95. The Hall–Kier alpha value is -0.160. The van der Waals surface area contributed by atoms with E-state index in [2.05, 4.69) is 20.8 Å².